The van der Waals surface area contributed by atoms with Crippen LogP contribution in [0, 0.1) is 19.8 Å². The third kappa shape index (κ3) is 4.89. The summed E-state index contributed by atoms with van der Waals surface area (Å²) in [4.78, 5) is 19.5. The Hall–Kier alpha value is -2.70. The quantitative estimate of drug-likeness (QED) is 0.633. The number of likely N-dealkylation sites (tertiary alicyclic amines) is 1. The maximum atomic E-state index is 12.8. The lowest BCUT2D eigenvalue weighted by atomic mass is 9.97. The van der Waals surface area contributed by atoms with Crippen molar-refractivity contribution in [2.75, 3.05) is 18.4 Å². The molecule has 1 aliphatic rings. The van der Waals surface area contributed by atoms with Gasteiger partial charge in [0.2, 0.25) is 17.6 Å². The summed E-state index contributed by atoms with van der Waals surface area (Å²) in [5.41, 5.74) is 3.89. The van der Waals surface area contributed by atoms with Crippen molar-refractivity contribution in [1.29, 1.82) is 0 Å². The summed E-state index contributed by atoms with van der Waals surface area (Å²) in [6.45, 7) is 6.15. The SMILES string of the molecule is Cc1cc(C)cc(NC(=O)C2CCCN(Cc3nc(-c4ccccc4Cl)no3)C2)c1. The van der Waals surface area contributed by atoms with Crippen molar-refractivity contribution in [3.63, 3.8) is 0 Å². The number of aryl methyl sites for hydroxylation is 2. The number of carbonyl (C=O) groups is 1. The van der Waals surface area contributed by atoms with Gasteiger partial charge >= 0.3 is 0 Å². The van der Waals surface area contributed by atoms with E-state index in [9.17, 15) is 4.79 Å². The van der Waals surface area contributed by atoms with Crippen molar-refractivity contribution >= 4 is 23.2 Å². The van der Waals surface area contributed by atoms with Gasteiger partial charge < -0.3 is 9.84 Å². The highest BCUT2D eigenvalue weighted by Gasteiger charge is 2.27. The summed E-state index contributed by atoms with van der Waals surface area (Å²) >= 11 is 6.22. The Bertz CT molecular complexity index is 1030. The first-order chi connectivity index (χ1) is 14.5. The largest absolute Gasteiger partial charge is 0.338 e. The van der Waals surface area contributed by atoms with Crippen LogP contribution in [0.5, 0.6) is 0 Å². The third-order valence-corrected chi connectivity index (χ3v) is 5.64. The minimum Gasteiger partial charge on any atom is -0.338 e. The first-order valence-electron chi connectivity index (χ1n) is 10.2. The number of halogens is 1. The molecule has 0 aliphatic carbocycles. The Kier molecular flexibility index (Phi) is 6.16. The molecule has 156 valence electrons. The van der Waals surface area contributed by atoms with Gasteiger partial charge in [-0.25, -0.2) is 0 Å². The molecule has 1 N–H and O–H groups in total. The standard InChI is InChI=1S/C23H25ClN4O2/c1-15-10-16(2)12-18(11-15)25-23(29)17-6-5-9-28(13-17)14-21-26-22(27-30-21)19-7-3-4-8-20(19)24/h3-4,7-8,10-12,17H,5-6,9,13-14H2,1-2H3,(H,25,29). The predicted molar refractivity (Wildman–Crippen MR) is 117 cm³/mol. The fraction of sp³-hybridized carbons (Fsp3) is 0.348. The lowest BCUT2D eigenvalue weighted by Crippen LogP contribution is -2.40. The second-order valence-electron chi connectivity index (χ2n) is 7.93. The Morgan fingerprint density at radius 2 is 2.00 bits per heavy atom. The summed E-state index contributed by atoms with van der Waals surface area (Å²) in [7, 11) is 0. The average molecular weight is 425 g/mol. The molecule has 7 heteroatoms. The Morgan fingerprint density at radius 3 is 2.77 bits per heavy atom. The lowest BCUT2D eigenvalue weighted by molar-refractivity contribution is -0.121. The topological polar surface area (TPSA) is 71.3 Å². The van der Waals surface area contributed by atoms with E-state index >= 15 is 0 Å². The summed E-state index contributed by atoms with van der Waals surface area (Å²) in [6, 6.07) is 13.5. The van der Waals surface area contributed by atoms with Crippen molar-refractivity contribution in [3.8, 4) is 11.4 Å². The molecule has 0 radical (unpaired) electrons. The van der Waals surface area contributed by atoms with Crippen LogP contribution in [0.3, 0.4) is 0 Å². The molecule has 6 nitrogen and oxygen atoms in total. The molecular weight excluding hydrogens is 400 g/mol. The first-order valence-corrected chi connectivity index (χ1v) is 10.5. The number of benzene rings is 2. The summed E-state index contributed by atoms with van der Waals surface area (Å²) < 4.78 is 5.43. The van der Waals surface area contributed by atoms with E-state index < -0.39 is 0 Å². The van der Waals surface area contributed by atoms with Crippen molar-refractivity contribution in [3.05, 3.63) is 64.5 Å². The molecule has 2 aromatic carbocycles. The van der Waals surface area contributed by atoms with Gasteiger partial charge in [0.1, 0.15) is 0 Å². The number of nitrogens with one attached hydrogen (secondary N) is 1. The Labute approximate surface area is 181 Å². The van der Waals surface area contributed by atoms with Crippen molar-refractivity contribution in [1.82, 2.24) is 15.0 Å². The van der Waals surface area contributed by atoms with Gasteiger partial charge in [0, 0.05) is 17.8 Å². The smallest absolute Gasteiger partial charge is 0.241 e. The van der Waals surface area contributed by atoms with E-state index in [1.54, 1.807) is 6.07 Å². The zero-order valence-electron chi connectivity index (χ0n) is 17.2. The average Bonchev–Trinajstić information content (AvgIpc) is 3.16. The van der Waals surface area contributed by atoms with Crippen molar-refractivity contribution in [2.24, 2.45) is 5.92 Å². The van der Waals surface area contributed by atoms with Crippen molar-refractivity contribution < 1.29 is 9.32 Å². The summed E-state index contributed by atoms with van der Waals surface area (Å²) in [5, 5.41) is 7.73. The normalized spacial score (nSPS) is 17.1. The van der Waals surface area contributed by atoms with Crippen LogP contribution in [-0.2, 0) is 11.3 Å². The second kappa shape index (κ2) is 8.98. The molecule has 1 aliphatic heterocycles. The molecule has 4 rings (SSSR count). The van der Waals surface area contributed by atoms with E-state index in [0.29, 0.717) is 29.8 Å². The molecule has 2 heterocycles. The number of amides is 1. The molecule has 0 saturated carbocycles. The van der Waals surface area contributed by atoms with E-state index in [4.69, 9.17) is 16.1 Å². The molecular formula is C23H25ClN4O2. The summed E-state index contributed by atoms with van der Waals surface area (Å²) in [6.07, 6.45) is 1.83. The van der Waals surface area contributed by atoms with E-state index in [1.165, 1.54) is 0 Å². The molecule has 1 amide bonds. The van der Waals surface area contributed by atoms with Crippen LogP contribution in [-0.4, -0.2) is 34.0 Å². The van der Waals surface area contributed by atoms with Crippen LogP contribution in [0.15, 0.2) is 47.0 Å². The molecule has 30 heavy (non-hydrogen) atoms. The Morgan fingerprint density at radius 1 is 1.23 bits per heavy atom. The van der Waals surface area contributed by atoms with Crippen LogP contribution in [0.25, 0.3) is 11.4 Å². The van der Waals surface area contributed by atoms with Crippen molar-refractivity contribution in [2.45, 2.75) is 33.2 Å². The van der Waals surface area contributed by atoms with Crippen LogP contribution >= 0.6 is 11.6 Å². The third-order valence-electron chi connectivity index (χ3n) is 5.31. The van der Waals surface area contributed by atoms with E-state index in [0.717, 1.165) is 41.8 Å². The van der Waals surface area contributed by atoms with E-state index in [-0.39, 0.29) is 11.8 Å². The summed E-state index contributed by atoms with van der Waals surface area (Å²) in [5.74, 6) is 1.01. The zero-order chi connectivity index (χ0) is 21.1. The van der Waals surface area contributed by atoms with Gasteiger partial charge in [-0.3, -0.25) is 9.69 Å². The van der Waals surface area contributed by atoms with Gasteiger partial charge in [-0.2, -0.15) is 4.98 Å². The minimum atomic E-state index is -0.0643. The number of anilines is 1. The number of nitrogens with zero attached hydrogens (tertiary/aromatic N) is 3. The molecule has 1 saturated heterocycles. The van der Waals surface area contributed by atoms with Gasteiger partial charge in [0.05, 0.1) is 17.5 Å². The van der Waals surface area contributed by atoms with Crippen LogP contribution < -0.4 is 5.32 Å². The van der Waals surface area contributed by atoms with Gasteiger partial charge in [0.15, 0.2) is 0 Å². The van der Waals surface area contributed by atoms with E-state index in [1.807, 2.05) is 44.2 Å². The van der Waals surface area contributed by atoms with Crippen LogP contribution in [0.2, 0.25) is 5.02 Å². The number of hydrogen-bond acceptors (Lipinski definition) is 5. The highest BCUT2D eigenvalue weighted by atomic mass is 35.5. The van der Waals surface area contributed by atoms with Gasteiger partial charge in [-0.15, -0.1) is 0 Å². The molecule has 0 spiro atoms. The number of piperidine rings is 1. The number of hydrogen-bond donors (Lipinski definition) is 1. The highest BCUT2D eigenvalue weighted by molar-refractivity contribution is 6.33. The number of carbonyl (C=O) groups excluding carboxylic acids is 1. The molecule has 1 fully saturated rings. The minimum absolute atomic E-state index is 0.0620. The second-order valence-corrected chi connectivity index (χ2v) is 8.34. The highest BCUT2D eigenvalue weighted by Crippen LogP contribution is 2.26. The lowest BCUT2D eigenvalue weighted by Gasteiger charge is -2.30. The van der Waals surface area contributed by atoms with E-state index in [2.05, 4.69) is 26.4 Å². The number of rotatable bonds is 5. The first kappa shape index (κ1) is 20.6. The molecule has 0 bridgehead atoms. The van der Waals surface area contributed by atoms with Gasteiger partial charge in [-0.05, 0) is 68.6 Å². The fourth-order valence-corrected chi connectivity index (χ4v) is 4.19. The molecule has 1 atom stereocenters. The maximum Gasteiger partial charge on any atom is 0.241 e. The molecule has 1 aromatic heterocycles. The number of aromatic nitrogens is 2. The Balaban J connectivity index is 1.38. The van der Waals surface area contributed by atoms with Gasteiger partial charge in [-0.1, -0.05) is 35.0 Å². The maximum absolute atomic E-state index is 12.8. The van der Waals surface area contributed by atoms with Crippen LogP contribution in [0.1, 0.15) is 29.9 Å². The molecule has 1 unspecified atom stereocenters. The predicted octanol–water partition coefficient (Wildman–Crippen LogP) is 4.86. The zero-order valence-corrected chi connectivity index (χ0v) is 17.9. The monoisotopic (exact) mass is 424 g/mol. The van der Waals surface area contributed by atoms with Gasteiger partial charge in [0.25, 0.3) is 0 Å². The fourth-order valence-electron chi connectivity index (χ4n) is 3.97. The van der Waals surface area contributed by atoms with Crippen LogP contribution in [0.4, 0.5) is 5.69 Å². The molecule has 3 aromatic rings.